The Kier molecular flexibility index (Phi) is 7.15. The van der Waals surface area contributed by atoms with E-state index in [1.807, 2.05) is 11.8 Å². The SMILES string of the molecule is CCOC(=O)c1c(CN2CC3CN(C(=O)OC(C(F)(F)F)C(F)(F)F)CC3C2)cnn1CC. The third kappa shape index (κ3) is 5.53. The number of alkyl halides is 6. The van der Waals surface area contributed by atoms with Crippen molar-refractivity contribution in [3.8, 4) is 0 Å². The van der Waals surface area contributed by atoms with E-state index in [0.29, 0.717) is 37.4 Å². The van der Waals surface area contributed by atoms with Crippen LogP contribution in [0.4, 0.5) is 31.1 Å². The van der Waals surface area contributed by atoms with Gasteiger partial charge in [0.15, 0.2) is 5.69 Å². The summed E-state index contributed by atoms with van der Waals surface area (Å²) in [5.41, 5.74) is 0.997. The quantitative estimate of drug-likeness (QED) is 0.455. The lowest BCUT2D eigenvalue weighted by atomic mass is 10.0. The molecule has 3 heterocycles. The maximum absolute atomic E-state index is 12.7. The molecule has 2 aliphatic rings. The Morgan fingerprint density at radius 3 is 2.12 bits per heavy atom. The summed E-state index contributed by atoms with van der Waals surface area (Å²) in [4.78, 5) is 27.2. The van der Waals surface area contributed by atoms with E-state index in [-0.39, 0.29) is 31.5 Å². The summed E-state index contributed by atoms with van der Waals surface area (Å²) in [6, 6.07) is 0. The highest BCUT2D eigenvalue weighted by atomic mass is 19.4. The smallest absolute Gasteiger partial charge is 0.434 e. The fourth-order valence-corrected chi connectivity index (χ4v) is 4.32. The molecule has 0 spiro atoms. The van der Waals surface area contributed by atoms with Gasteiger partial charge in [0.1, 0.15) is 0 Å². The van der Waals surface area contributed by atoms with Gasteiger partial charge < -0.3 is 14.4 Å². The fraction of sp³-hybridized carbons (Fsp3) is 0.737. The van der Waals surface area contributed by atoms with Gasteiger partial charge in [0, 0.05) is 44.8 Å². The van der Waals surface area contributed by atoms with Gasteiger partial charge in [-0.05, 0) is 25.7 Å². The van der Waals surface area contributed by atoms with Gasteiger partial charge >= 0.3 is 24.4 Å². The number of aryl methyl sites for hydroxylation is 1. The monoisotopic (exact) mass is 486 g/mol. The first-order valence-corrected chi connectivity index (χ1v) is 10.4. The fourth-order valence-electron chi connectivity index (χ4n) is 4.32. The first-order valence-electron chi connectivity index (χ1n) is 10.4. The molecule has 0 aromatic carbocycles. The minimum atomic E-state index is -5.75. The maximum atomic E-state index is 12.7. The molecule has 1 amide bonds. The highest BCUT2D eigenvalue weighted by molar-refractivity contribution is 5.89. The molecule has 1 aromatic rings. The first-order chi connectivity index (χ1) is 15.3. The van der Waals surface area contributed by atoms with Crippen LogP contribution in [-0.4, -0.2) is 82.9 Å². The molecule has 3 rings (SSSR count). The molecule has 0 saturated carbocycles. The second kappa shape index (κ2) is 9.39. The van der Waals surface area contributed by atoms with Crippen LogP contribution in [0, 0.1) is 11.8 Å². The lowest BCUT2D eigenvalue weighted by molar-refractivity contribution is -0.308. The standard InChI is InChI=1S/C19H24F6N4O4/c1-3-29-14(15(30)32-4-2)11(5-26-29)6-27-7-12-9-28(10-13(12)8-27)17(31)33-16(18(20,21)22)19(23,24)25/h5,12-13,16H,3-4,6-10H2,1-2H3. The van der Waals surface area contributed by atoms with Crippen molar-refractivity contribution in [3.05, 3.63) is 17.5 Å². The Balaban J connectivity index is 1.60. The minimum Gasteiger partial charge on any atom is -0.461 e. The van der Waals surface area contributed by atoms with Crippen LogP contribution in [0.15, 0.2) is 6.20 Å². The Bertz CT molecular complexity index is 843. The molecule has 0 N–H and O–H groups in total. The van der Waals surface area contributed by atoms with E-state index >= 15 is 0 Å². The predicted molar refractivity (Wildman–Crippen MR) is 100 cm³/mol. The number of carbonyl (C=O) groups is 2. The molecule has 0 aliphatic carbocycles. The van der Waals surface area contributed by atoms with Crippen molar-refractivity contribution in [1.82, 2.24) is 19.6 Å². The van der Waals surface area contributed by atoms with Crippen molar-refractivity contribution < 1.29 is 45.4 Å². The van der Waals surface area contributed by atoms with Gasteiger partial charge in [0.05, 0.1) is 12.8 Å². The second-order valence-electron chi connectivity index (χ2n) is 8.02. The summed E-state index contributed by atoms with van der Waals surface area (Å²) in [5, 5.41) is 4.19. The van der Waals surface area contributed by atoms with Crippen LogP contribution in [0.25, 0.3) is 0 Å². The highest BCUT2D eigenvalue weighted by Gasteiger charge is 2.60. The molecule has 2 atom stereocenters. The largest absolute Gasteiger partial charge is 0.461 e. The molecule has 2 saturated heterocycles. The minimum absolute atomic E-state index is 0.0125. The molecule has 2 unspecified atom stereocenters. The van der Waals surface area contributed by atoms with Crippen molar-refractivity contribution in [2.45, 2.75) is 45.4 Å². The summed E-state index contributed by atoms with van der Waals surface area (Å²) in [6.07, 6.45) is -15.7. The normalized spacial score (nSPS) is 21.5. The number of rotatable bonds is 6. The number of hydrogen-bond donors (Lipinski definition) is 0. The number of aromatic nitrogens is 2. The summed E-state index contributed by atoms with van der Waals surface area (Å²) < 4.78 is 86.3. The van der Waals surface area contributed by atoms with Crippen LogP contribution in [0.2, 0.25) is 0 Å². The van der Waals surface area contributed by atoms with Gasteiger partial charge in [-0.25, -0.2) is 9.59 Å². The molecule has 2 aliphatic heterocycles. The van der Waals surface area contributed by atoms with Crippen molar-refractivity contribution >= 4 is 12.1 Å². The molecular weight excluding hydrogens is 462 g/mol. The van der Waals surface area contributed by atoms with Crippen LogP contribution in [0.3, 0.4) is 0 Å². The third-order valence-electron chi connectivity index (χ3n) is 5.71. The Labute approximate surface area is 185 Å². The number of halogens is 6. The summed E-state index contributed by atoms with van der Waals surface area (Å²) in [7, 11) is 0. The topological polar surface area (TPSA) is 76.9 Å². The summed E-state index contributed by atoms with van der Waals surface area (Å²) >= 11 is 0. The number of hydrogen-bond acceptors (Lipinski definition) is 6. The number of amides is 1. The van der Waals surface area contributed by atoms with E-state index in [1.165, 1.54) is 4.68 Å². The van der Waals surface area contributed by atoms with Crippen LogP contribution in [0.1, 0.15) is 29.9 Å². The van der Waals surface area contributed by atoms with Crippen molar-refractivity contribution in [2.75, 3.05) is 32.8 Å². The average molecular weight is 486 g/mol. The maximum Gasteiger partial charge on any atom is 0.434 e. The van der Waals surface area contributed by atoms with Crippen LogP contribution in [0.5, 0.6) is 0 Å². The molecule has 1 aromatic heterocycles. The predicted octanol–water partition coefficient (Wildman–Crippen LogP) is 3.07. The molecule has 186 valence electrons. The second-order valence-corrected chi connectivity index (χ2v) is 8.02. The molecule has 0 radical (unpaired) electrons. The van der Waals surface area contributed by atoms with Gasteiger partial charge in [0.25, 0.3) is 6.10 Å². The van der Waals surface area contributed by atoms with Crippen molar-refractivity contribution in [1.29, 1.82) is 0 Å². The average Bonchev–Trinajstić information content (AvgIpc) is 3.37. The Morgan fingerprint density at radius 1 is 1.06 bits per heavy atom. The van der Waals surface area contributed by atoms with E-state index < -0.39 is 30.5 Å². The summed E-state index contributed by atoms with van der Waals surface area (Å²) in [6.45, 7) is 5.44. The molecule has 14 heteroatoms. The molecule has 2 fully saturated rings. The zero-order chi connectivity index (χ0) is 24.6. The zero-order valence-corrected chi connectivity index (χ0v) is 17.9. The number of esters is 1. The van der Waals surface area contributed by atoms with Crippen molar-refractivity contribution in [3.63, 3.8) is 0 Å². The Hall–Kier alpha value is -2.51. The highest BCUT2D eigenvalue weighted by Crippen LogP contribution is 2.37. The van der Waals surface area contributed by atoms with Crippen LogP contribution >= 0.6 is 0 Å². The number of fused-ring (bicyclic) bond motifs is 1. The number of carbonyl (C=O) groups excluding carboxylic acids is 2. The first kappa shape index (κ1) is 25.1. The van der Waals surface area contributed by atoms with Gasteiger partial charge in [-0.1, -0.05) is 0 Å². The van der Waals surface area contributed by atoms with E-state index in [2.05, 4.69) is 9.84 Å². The van der Waals surface area contributed by atoms with Crippen molar-refractivity contribution in [2.24, 2.45) is 11.8 Å². The van der Waals surface area contributed by atoms with Gasteiger partial charge in [0.2, 0.25) is 0 Å². The number of ether oxygens (including phenoxy) is 2. The zero-order valence-electron chi connectivity index (χ0n) is 17.9. The number of nitrogens with zero attached hydrogens (tertiary/aromatic N) is 4. The summed E-state index contributed by atoms with van der Waals surface area (Å²) in [5.74, 6) is -0.774. The third-order valence-corrected chi connectivity index (χ3v) is 5.71. The van der Waals surface area contributed by atoms with E-state index in [0.717, 1.165) is 4.90 Å². The van der Waals surface area contributed by atoms with Crippen LogP contribution in [-0.2, 0) is 22.6 Å². The van der Waals surface area contributed by atoms with Gasteiger partial charge in [-0.3, -0.25) is 9.58 Å². The molecule has 33 heavy (non-hydrogen) atoms. The van der Waals surface area contributed by atoms with Gasteiger partial charge in [-0.2, -0.15) is 31.4 Å². The lowest BCUT2D eigenvalue weighted by Gasteiger charge is -2.26. The van der Waals surface area contributed by atoms with Gasteiger partial charge in [-0.15, -0.1) is 0 Å². The van der Waals surface area contributed by atoms with E-state index in [9.17, 15) is 35.9 Å². The van der Waals surface area contributed by atoms with Crippen LogP contribution < -0.4 is 0 Å². The molecule has 8 nitrogen and oxygen atoms in total. The number of likely N-dealkylation sites (tertiary alicyclic amines) is 2. The Morgan fingerprint density at radius 2 is 1.64 bits per heavy atom. The lowest BCUT2D eigenvalue weighted by Crippen LogP contribution is -2.48. The molecule has 0 bridgehead atoms. The molecular formula is C19H24F6N4O4. The van der Waals surface area contributed by atoms with E-state index in [4.69, 9.17) is 4.74 Å². The van der Waals surface area contributed by atoms with E-state index in [1.54, 1.807) is 13.1 Å².